The van der Waals surface area contributed by atoms with E-state index < -0.39 is 0 Å². The second-order valence-electron chi connectivity index (χ2n) is 6.69. The average Bonchev–Trinajstić information content (AvgIpc) is 3.22. The molecule has 0 spiro atoms. The molecule has 0 saturated heterocycles. The van der Waals surface area contributed by atoms with E-state index >= 15 is 0 Å². The second-order valence-corrected chi connectivity index (χ2v) is 7.67. The van der Waals surface area contributed by atoms with E-state index in [-0.39, 0.29) is 23.3 Å². The van der Waals surface area contributed by atoms with Crippen molar-refractivity contribution in [2.24, 2.45) is 0 Å². The van der Waals surface area contributed by atoms with E-state index in [2.05, 4.69) is 15.6 Å². The molecule has 0 atom stereocenters. The second kappa shape index (κ2) is 10.5. The lowest BCUT2D eigenvalue weighted by Crippen LogP contribution is -2.26. The first kappa shape index (κ1) is 20.7. The summed E-state index contributed by atoms with van der Waals surface area (Å²) in [6, 6.07) is 15.6. The van der Waals surface area contributed by atoms with Crippen LogP contribution in [0.1, 0.15) is 16.7 Å². The van der Waals surface area contributed by atoms with Crippen molar-refractivity contribution in [2.75, 3.05) is 16.8 Å². The fourth-order valence-corrected chi connectivity index (χ4v) is 3.42. The highest BCUT2D eigenvalue weighted by Crippen LogP contribution is 2.12. The van der Waals surface area contributed by atoms with Gasteiger partial charge in [0, 0.05) is 31.2 Å². The molecule has 3 aromatic rings. The molecule has 29 heavy (non-hydrogen) atoms. The molecule has 0 bridgehead atoms. The number of hydrogen-bond donors (Lipinski definition) is 2. The monoisotopic (exact) mass is 408 g/mol. The third-order valence-electron chi connectivity index (χ3n) is 4.31. The van der Waals surface area contributed by atoms with Crippen molar-refractivity contribution in [3.05, 3.63) is 83.9 Å². The molecule has 0 aliphatic rings. The summed E-state index contributed by atoms with van der Waals surface area (Å²) in [7, 11) is 0. The molecule has 2 N–H and O–H groups in total. The molecule has 0 aliphatic heterocycles. The van der Waals surface area contributed by atoms with Crippen LogP contribution in [-0.4, -0.2) is 32.9 Å². The molecule has 6 nitrogen and oxygen atoms in total. The van der Waals surface area contributed by atoms with Gasteiger partial charge in [-0.15, -0.1) is 11.8 Å². The highest BCUT2D eigenvalue weighted by Gasteiger charge is 2.08. The summed E-state index contributed by atoms with van der Waals surface area (Å²) in [4.78, 5) is 28.2. The van der Waals surface area contributed by atoms with Crippen LogP contribution in [0.2, 0.25) is 0 Å². The zero-order chi connectivity index (χ0) is 20.5. The Morgan fingerprint density at radius 3 is 2.45 bits per heavy atom. The maximum absolute atomic E-state index is 12.1. The lowest BCUT2D eigenvalue weighted by molar-refractivity contribution is -0.118. The number of aromatic nitrogens is 2. The van der Waals surface area contributed by atoms with Gasteiger partial charge in [0.2, 0.25) is 11.8 Å². The minimum absolute atomic E-state index is 0.0874. The van der Waals surface area contributed by atoms with Crippen molar-refractivity contribution in [3.63, 3.8) is 0 Å². The van der Waals surface area contributed by atoms with Gasteiger partial charge in [0.25, 0.3) is 0 Å². The molecular formula is C22H24N4O2S. The lowest BCUT2D eigenvalue weighted by Gasteiger charge is -2.11. The van der Waals surface area contributed by atoms with Crippen LogP contribution in [-0.2, 0) is 22.7 Å². The largest absolute Gasteiger partial charge is 0.351 e. The zero-order valence-electron chi connectivity index (χ0n) is 16.3. The van der Waals surface area contributed by atoms with Gasteiger partial charge in [-0.1, -0.05) is 42.0 Å². The summed E-state index contributed by atoms with van der Waals surface area (Å²) in [6.07, 6.45) is 5.43. The standard InChI is InChI=1S/C22H24N4O2S/c1-17-6-8-20(9-7-17)25-22(28)15-29-14-21(27)24-12-18-4-2-3-5-19(18)13-26-11-10-23-16-26/h2-11,16H,12-15H2,1H3,(H,24,27)(H,25,28). The predicted octanol–water partition coefficient (Wildman–Crippen LogP) is 3.23. The maximum Gasteiger partial charge on any atom is 0.234 e. The average molecular weight is 409 g/mol. The van der Waals surface area contributed by atoms with Crippen LogP contribution in [0.5, 0.6) is 0 Å². The van der Waals surface area contributed by atoms with Gasteiger partial charge < -0.3 is 15.2 Å². The number of nitrogens with zero attached hydrogens (tertiary/aromatic N) is 2. The molecule has 0 saturated carbocycles. The van der Waals surface area contributed by atoms with Crippen molar-refractivity contribution < 1.29 is 9.59 Å². The Balaban J connectivity index is 1.40. The van der Waals surface area contributed by atoms with E-state index in [4.69, 9.17) is 0 Å². The Kier molecular flexibility index (Phi) is 7.47. The van der Waals surface area contributed by atoms with Gasteiger partial charge in [-0.3, -0.25) is 9.59 Å². The fourth-order valence-electron chi connectivity index (χ4n) is 2.78. The summed E-state index contributed by atoms with van der Waals surface area (Å²) in [6.45, 7) is 3.16. The Bertz CT molecular complexity index is 940. The normalized spacial score (nSPS) is 10.5. The quantitative estimate of drug-likeness (QED) is 0.570. The number of carbonyl (C=O) groups excluding carboxylic acids is 2. The van der Waals surface area contributed by atoms with Crippen LogP contribution >= 0.6 is 11.8 Å². The number of carbonyl (C=O) groups is 2. The van der Waals surface area contributed by atoms with E-state index in [1.165, 1.54) is 11.8 Å². The molecule has 0 aliphatic carbocycles. The molecule has 2 aromatic carbocycles. The van der Waals surface area contributed by atoms with Crippen LogP contribution in [0.15, 0.2) is 67.3 Å². The van der Waals surface area contributed by atoms with E-state index in [9.17, 15) is 9.59 Å². The third kappa shape index (κ3) is 6.80. The van der Waals surface area contributed by atoms with Crippen LogP contribution in [0.3, 0.4) is 0 Å². The third-order valence-corrected chi connectivity index (χ3v) is 5.24. The molecule has 2 amide bonds. The number of rotatable bonds is 9. The van der Waals surface area contributed by atoms with Gasteiger partial charge in [0.05, 0.1) is 17.8 Å². The molecule has 1 heterocycles. The van der Waals surface area contributed by atoms with Crippen molar-refractivity contribution >= 4 is 29.3 Å². The Morgan fingerprint density at radius 1 is 1.00 bits per heavy atom. The molecular weight excluding hydrogens is 384 g/mol. The van der Waals surface area contributed by atoms with E-state index in [1.54, 1.807) is 12.5 Å². The molecule has 7 heteroatoms. The highest BCUT2D eigenvalue weighted by molar-refractivity contribution is 8.00. The zero-order valence-corrected chi connectivity index (χ0v) is 17.1. The van der Waals surface area contributed by atoms with Crippen LogP contribution in [0.25, 0.3) is 0 Å². The molecule has 150 valence electrons. The summed E-state index contributed by atoms with van der Waals surface area (Å²) in [5.74, 6) is 0.275. The molecule has 0 fully saturated rings. The smallest absolute Gasteiger partial charge is 0.234 e. The number of nitrogens with one attached hydrogen (secondary N) is 2. The lowest BCUT2D eigenvalue weighted by atomic mass is 10.1. The van der Waals surface area contributed by atoms with E-state index in [1.807, 2.05) is 66.2 Å². The fraction of sp³-hybridized carbons (Fsp3) is 0.227. The summed E-state index contributed by atoms with van der Waals surface area (Å²) in [5, 5.41) is 5.76. The van der Waals surface area contributed by atoms with Crippen LogP contribution in [0.4, 0.5) is 5.69 Å². The minimum Gasteiger partial charge on any atom is -0.351 e. The molecule has 3 rings (SSSR count). The van der Waals surface area contributed by atoms with Crippen molar-refractivity contribution in [3.8, 4) is 0 Å². The summed E-state index contributed by atoms with van der Waals surface area (Å²) >= 11 is 1.30. The topological polar surface area (TPSA) is 76.0 Å². The summed E-state index contributed by atoms with van der Waals surface area (Å²) < 4.78 is 1.99. The van der Waals surface area contributed by atoms with Crippen LogP contribution < -0.4 is 10.6 Å². The number of hydrogen-bond acceptors (Lipinski definition) is 4. The number of thioether (sulfide) groups is 1. The maximum atomic E-state index is 12.1. The van der Waals surface area contributed by atoms with E-state index in [0.717, 1.165) is 22.4 Å². The van der Waals surface area contributed by atoms with Gasteiger partial charge >= 0.3 is 0 Å². The summed E-state index contributed by atoms with van der Waals surface area (Å²) in [5.41, 5.74) is 4.10. The predicted molar refractivity (Wildman–Crippen MR) is 117 cm³/mol. The van der Waals surface area contributed by atoms with Crippen molar-refractivity contribution in [1.82, 2.24) is 14.9 Å². The first-order valence-corrected chi connectivity index (χ1v) is 10.5. The van der Waals surface area contributed by atoms with Gasteiger partial charge in [-0.25, -0.2) is 4.98 Å². The molecule has 1 aromatic heterocycles. The first-order valence-electron chi connectivity index (χ1n) is 9.33. The SMILES string of the molecule is Cc1ccc(NC(=O)CSCC(=O)NCc2ccccc2Cn2ccnc2)cc1. The van der Waals surface area contributed by atoms with Gasteiger partial charge in [-0.2, -0.15) is 0 Å². The molecule has 0 radical (unpaired) electrons. The highest BCUT2D eigenvalue weighted by atomic mass is 32.2. The minimum atomic E-state index is -0.114. The first-order chi connectivity index (χ1) is 14.1. The Hall–Kier alpha value is -3.06. The Labute approximate surface area is 174 Å². The number of anilines is 1. The Morgan fingerprint density at radius 2 is 1.72 bits per heavy atom. The van der Waals surface area contributed by atoms with Crippen LogP contribution in [0, 0.1) is 6.92 Å². The van der Waals surface area contributed by atoms with Crippen molar-refractivity contribution in [1.29, 1.82) is 0 Å². The van der Waals surface area contributed by atoms with Gasteiger partial charge in [-0.05, 0) is 30.2 Å². The van der Waals surface area contributed by atoms with Crippen molar-refractivity contribution in [2.45, 2.75) is 20.0 Å². The van der Waals surface area contributed by atoms with Gasteiger partial charge in [0.1, 0.15) is 0 Å². The van der Waals surface area contributed by atoms with E-state index in [0.29, 0.717) is 13.1 Å². The molecule has 0 unspecified atom stereocenters. The number of benzene rings is 2. The number of imidazole rings is 1. The number of amides is 2. The van der Waals surface area contributed by atoms with Gasteiger partial charge in [0.15, 0.2) is 0 Å². The number of aryl methyl sites for hydroxylation is 1.